The number of ketones is 3. The Morgan fingerprint density at radius 1 is 1.13 bits per heavy atom. The van der Waals surface area contributed by atoms with Gasteiger partial charge in [-0.2, -0.15) is 22.0 Å². The van der Waals surface area contributed by atoms with Gasteiger partial charge in [-0.1, -0.05) is 0 Å². The molecular weight excluding hydrogens is 427 g/mol. The summed E-state index contributed by atoms with van der Waals surface area (Å²) in [6.07, 6.45) is -6.94. The van der Waals surface area contributed by atoms with E-state index >= 15 is 0 Å². The molecule has 1 fully saturated rings. The van der Waals surface area contributed by atoms with E-state index in [2.05, 4.69) is 4.98 Å². The molecule has 3 rings (SSSR count). The van der Waals surface area contributed by atoms with Gasteiger partial charge in [0, 0.05) is 30.8 Å². The number of pyridine rings is 2. The minimum atomic E-state index is -5.14. The van der Waals surface area contributed by atoms with Crippen LogP contribution in [0, 0.1) is 5.92 Å². The lowest BCUT2D eigenvalue weighted by atomic mass is 9.81. The lowest BCUT2D eigenvalue weighted by molar-refractivity contribution is -0.142. The van der Waals surface area contributed by atoms with Gasteiger partial charge in [0.15, 0.2) is 23.0 Å². The smallest absolute Gasteiger partial charge is 0.298 e. The number of aryl methyl sites for hydroxylation is 1. The van der Waals surface area contributed by atoms with Crippen LogP contribution in [0.4, 0.5) is 22.0 Å². The summed E-state index contributed by atoms with van der Waals surface area (Å²) in [7, 11) is 0. The van der Waals surface area contributed by atoms with Crippen molar-refractivity contribution in [1.29, 1.82) is 0 Å². The molecule has 0 spiro atoms. The monoisotopic (exact) mass is 442 g/mol. The van der Waals surface area contributed by atoms with Crippen molar-refractivity contribution in [2.24, 2.45) is 5.92 Å². The summed E-state index contributed by atoms with van der Waals surface area (Å²) in [5.41, 5.74) is -3.82. The Hall–Kier alpha value is -3.24. The summed E-state index contributed by atoms with van der Waals surface area (Å²) in [5.74, 6) is -4.62. The first-order chi connectivity index (χ1) is 14.5. The lowest BCUT2D eigenvalue weighted by Crippen LogP contribution is -2.36. The first kappa shape index (κ1) is 22.4. The number of aromatic nitrogens is 2. The number of carbonyl (C=O) groups excluding carboxylic acids is 3. The van der Waals surface area contributed by atoms with Crippen molar-refractivity contribution in [3.8, 4) is 0 Å². The zero-order valence-corrected chi connectivity index (χ0v) is 15.8. The van der Waals surface area contributed by atoms with E-state index < -0.39 is 58.0 Å². The van der Waals surface area contributed by atoms with Crippen molar-refractivity contribution in [1.82, 2.24) is 9.55 Å². The fourth-order valence-corrected chi connectivity index (χ4v) is 3.49. The quantitative estimate of drug-likeness (QED) is 0.400. The van der Waals surface area contributed by atoms with Crippen LogP contribution in [0.3, 0.4) is 0 Å². The van der Waals surface area contributed by atoms with E-state index in [4.69, 9.17) is 0 Å². The maximum Gasteiger partial charge on any atom is 0.434 e. The Morgan fingerprint density at radius 3 is 2.35 bits per heavy atom. The molecule has 2 heterocycles. The molecule has 0 N–H and O–H groups in total. The highest BCUT2D eigenvalue weighted by atomic mass is 19.4. The van der Waals surface area contributed by atoms with Crippen LogP contribution >= 0.6 is 0 Å². The Balaban J connectivity index is 2.19. The van der Waals surface area contributed by atoms with Crippen LogP contribution in [0.1, 0.15) is 41.7 Å². The molecule has 31 heavy (non-hydrogen) atoms. The standard InChI is InChI=1S/C20H15F5N2O4/c21-14(22)5-2-8-27-15(30)7-6-10-9-11(18(20(23,24)25)26-19(10)27)17(31)16-12(28)3-1-4-13(16)29/h5-7,9,16H,1-4,8H2. The summed E-state index contributed by atoms with van der Waals surface area (Å²) in [5, 5.41) is -0.0450. The third-order valence-corrected chi connectivity index (χ3v) is 4.90. The maximum absolute atomic E-state index is 13.7. The second-order valence-electron chi connectivity index (χ2n) is 6.98. The van der Waals surface area contributed by atoms with Crippen LogP contribution < -0.4 is 5.56 Å². The minimum absolute atomic E-state index is 0.0450. The first-order valence-corrected chi connectivity index (χ1v) is 9.23. The van der Waals surface area contributed by atoms with Crippen LogP contribution in [0.25, 0.3) is 11.0 Å². The number of fused-ring (bicyclic) bond motifs is 1. The molecule has 0 bridgehead atoms. The molecule has 0 aromatic carbocycles. The van der Waals surface area contributed by atoms with Crippen molar-refractivity contribution in [2.75, 3.05) is 0 Å². The number of hydrogen-bond acceptors (Lipinski definition) is 5. The predicted octanol–water partition coefficient (Wildman–Crippen LogP) is 3.71. The molecule has 0 amide bonds. The van der Waals surface area contributed by atoms with Gasteiger partial charge in [0.25, 0.3) is 11.6 Å². The van der Waals surface area contributed by atoms with Gasteiger partial charge in [0.05, 0.1) is 5.56 Å². The minimum Gasteiger partial charge on any atom is -0.298 e. The maximum atomic E-state index is 13.7. The molecule has 11 heteroatoms. The van der Waals surface area contributed by atoms with Gasteiger partial charge in [-0.25, -0.2) is 4.98 Å². The molecule has 6 nitrogen and oxygen atoms in total. The number of nitrogens with zero attached hydrogens (tertiary/aromatic N) is 2. The zero-order chi connectivity index (χ0) is 22.9. The van der Waals surface area contributed by atoms with E-state index in [1.807, 2.05) is 0 Å². The second kappa shape index (κ2) is 8.48. The van der Waals surface area contributed by atoms with Gasteiger partial charge in [0.2, 0.25) is 0 Å². The van der Waals surface area contributed by atoms with Gasteiger partial charge in [0.1, 0.15) is 11.6 Å². The average Bonchev–Trinajstić information content (AvgIpc) is 2.67. The van der Waals surface area contributed by atoms with E-state index in [0.29, 0.717) is 6.08 Å². The van der Waals surface area contributed by atoms with Crippen LogP contribution in [0.2, 0.25) is 0 Å². The van der Waals surface area contributed by atoms with Crippen LogP contribution in [0.15, 0.2) is 35.2 Å². The van der Waals surface area contributed by atoms with Crippen molar-refractivity contribution in [2.45, 2.75) is 38.4 Å². The molecule has 1 saturated carbocycles. The largest absolute Gasteiger partial charge is 0.434 e. The molecule has 1 aliphatic carbocycles. The van der Waals surface area contributed by atoms with E-state index in [9.17, 15) is 41.1 Å². The Morgan fingerprint density at radius 2 is 1.77 bits per heavy atom. The Bertz CT molecular complexity index is 1150. The fraction of sp³-hybridized carbons (Fsp3) is 0.350. The van der Waals surface area contributed by atoms with Crippen molar-refractivity contribution < 1.29 is 36.3 Å². The average molecular weight is 442 g/mol. The molecule has 2 aromatic heterocycles. The normalized spacial score (nSPS) is 15.4. The van der Waals surface area contributed by atoms with Crippen molar-refractivity contribution in [3.63, 3.8) is 0 Å². The van der Waals surface area contributed by atoms with Gasteiger partial charge >= 0.3 is 6.18 Å². The zero-order valence-electron chi connectivity index (χ0n) is 15.8. The highest BCUT2D eigenvalue weighted by molar-refractivity contribution is 6.25. The molecule has 2 aromatic rings. The van der Waals surface area contributed by atoms with Crippen molar-refractivity contribution >= 4 is 28.4 Å². The first-order valence-electron chi connectivity index (χ1n) is 9.23. The molecule has 0 saturated heterocycles. The number of hydrogen-bond donors (Lipinski definition) is 0. The molecular formula is C20H15F5N2O4. The Kier molecular flexibility index (Phi) is 6.14. The molecule has 0 atom stereocenters. The fourth-order valence-electron chi connectivity index (χ4n) is 3.49. The van der Waals surface area contributed by atoms with E-state index in [-0.39, 0.29) is 37.6 Å². The van der Waals surface area contributed by atoms with Crippen LogP contribution in [-0.4, -0.2) is 26.9 Å². The predicted molar refractivity (Wildman–Crippen MR) is 97.6 cm³/mol. The Labute approximate surface area is 171 Å². The van der Waals surface area contributed by atoms with E-state index in [1.54, 1.807) is 0 Å². The van der Waals surface area contributed by atoms with Gasteiger partial charge < -0.3 is 0 Å². The third-order valence-electron chi connectivity index (χ3n) is 4.90. The molecule has 1 aliphatic rings. The number of Topliss-reactive ketones (excluding diaryl/α,β-unsaturated/α-hetero) is 3. The number of carbonyl (C=O) groups is 3. The second-order valence-corrected chi connectivity index (χ2v) is 6.98. The number of rotatable bonds is 5. The summed E-state index contributed by atoms with van der Waals surface area (Å²) >= 11 is 0. The third kappa shape index (κ3) is 4.59. The highest BCUT2D eigenvalue weighted by Gasteiger charge is 2.43. The number of allylic oxidation sites excluding steroid dienone is 1. The van der Waals surface area contributed by atoms with Gasteiger partial charge in [-0.05, 0) is 31.1 Å². The summed E-state index contributed by atoms with van der Waals surface area (Å²) in [6.45, 7) is -0.370. The van der Waals surface area contributed by atoms with Crippen molar-refractivity contribution in [3.05, 3.63) is 52.0 Å². The van der Waals surface area contributed by atoms with Crippen LogP contribution in [0.5, 0.6) is 0 Å². The SMILES string of the molecule is O=C1CCCC(=O)C1C(=O)c1cc2ccc(=O)n(CCC=C(F)F)c2nc1C(F)(F)F. The number of alkyl halides is 3. The topological polar surface area (TPSA) is 86.1 Å². The van der Waals surface area contributed by atoms with Crippen LogP contribution in [-0.2, 0) is 22.3 Å². The summed E-state index contributed by atoms with van der Waals surface area (Å²) in [4.78, 5) is 52.5. The summed E-state index contributed by atoms with van der Waals surface area (Å²) in [6, 6.07) is 2.95. The van der Waals surface area contributed by atoms with E-state index in [1.165, 1.54) is 0 Å². The van der Waals surface area contributed by atoms with Gasteiger partial charge in [-0.3, -0.25) is 23.7 Å². The lowest BCUT2D eigenvalue weighted by Gasteiger charge is -2.20. The van der Waals surface area contributed by atoms with E-state index in [0.717, 1.165) is 22.8 Å². The highest BCUT2D eigenvalue weighted by Crippen LogP contribution is 2.34. The number of halogens is 5. The molecule has 164 valence electrons. The summed E-state index contributed by atoms with van der Waals surface area (Å²) < 4.78 is 66.5. The molecule has 0 unspecified atom stereocenters. The molecule has 0 radical (unpaired) electrons. The molecule has 0 aliphatic heterocycles. The van der Waals surface area contributed by atoms with Gasteiger partial charge in [-0.15, -0.1) is 0 Å².